The molecule has 0 saturated carbocycles. The summed E-state index contributed by atoms with van der Waals surface area (Å²) in [5, 5.41) is 0. The molecule has 2 unspecified atom stereocenters. The van der Waals surface area contributed by atoms with Crippen molar-refractivity contribution in [3.05, 3.63) is 15.9 Å². The Labute approximate surface area is 114 Å². The highest BCUT2D eigenvalue weighted by atomic mass is 79.9. The molecule has 17 heavy (non-hydrogen) atoms. The van der Waals surface area contributed by atoms with Crippen molar-refractivity contribution in [1.29, 1.82) is 0 Å². The van der Waals surface area contributed by atoms with E-state index in [0.29, 0.717) is 23.2 Å². The monoisotopic (exact) mass is 338 g/mol. The van der Waals surface area contributed by atoms with Crippen molar-refractivity contribution in [3.63, 3.8) is 0 Å². The third-order valence-electron chi connectivity index (χ3n) is 2.80. The van der Waals surface area contributed by atoms with Crippen LogP contribution in [-0.2, 0) is 10.0 Å². The lowest BCUT2D eigenvalue weighted by Gasteiger charge is -2.33. The standard InChI is InChI=1S/C10H15BrN2O2S2/c1-7-4-8(12)6-13(5-7)17(14,15)10-3-2-9(11)16-10/h2-3,7-8H,4-6,12H2,1H3. The summed E-state index contributed by atoms with van der Waals surface area (Å²) >= 11 is 4.52. The van der Waals surface area contributed by atoms with Crippen LogP contribution in [0.2, 0.25) is 0 Å². The van der Waals surface area contributed by atoms with Crippen molar-refractivity contribution in [2.45, 2.75) is 23.6 Å². The number of hydrogen-bond acceptors (Lipinski definition) is 4. The third kappa shape index (κ3) is 2.90. The van der Waals surface area contributed by atoms with Crippen LogP contribution in [0.5, 0.6) is 0 Å². The molecule has 2 rings (SSSR count). The largest absolute Gasteiger partial charge is 0.326 e. The second kappa shape index (κ2) is 4.97. The molecule has 4 nitrogen and oxygen atoms in total. The minimum absolute atomic E-state index is 0.0584. The Morgan fingerprint density at radius 2 is 2.18 bits per heavy atom. The minimum Gasteiger partial charge on any atom is -0.326 e. The van der Waals surface area contributed by atoms with Crippen LogP contribution in [-0.4, -0.2) is 31.9 Å². The molecule has 0 spiro atoms. The quantitative estimate of drug-likeness (QED) is 0.895. The van der Waals surface area contributed by atoms with Gasteiger partial charge in [-0.25, -0.2) is 8.42 Å². The van der Waals surface area contributed by atoms with E-state index in [1.165, 1.54) is 15.6 Å². The molecule has 0 radical (unpaired) electrons. The van der Waals surface area contributed by atoms with E-state index in [-0.39, 0.29) is 6.04 Å². The van der Waals surface area contributed by atoms with Gasteiger partial charge >= 0.3 is 0 Å². The average Bonchev–Trinajstić information content (AvgIpc) is 2.64. The van der Waals surface area contributed by atoms with Gasteiger partial charge in [0.1, 0.15) is 4.21 Å². The molecule has 2 heterocycles. The zero-order valence-electron chi connectivity index (χ0n) is 9.47. The zero-order chi connectivity index (χ0) is 12.6. The van der Waals surface area contributed by atoms with Crippen molar-refractivity contribution in [2.75, 3.05) is 13.1 Å². The summed E-state index contributed by atoms with van der Waals surface area (Å²) in [5.41, 5.74) is 5.88. The van der Waals surface area contributed by atoms with Crippen LogP contribution in [0.15, 0.2) is 20.1 Å². The summed E-state index contributed by atoms with van der Waals surface area (Å²) in [5.74, 6) is 0.317. The Bertz CT molecular complexity index is 490. The van der Waals surface area contributed by atoms with Gasteiger partial charge in [0.2, 0.25) is 0 Å². The zero-order valence-corrected chi connectivity index (χ0v) is 12.7. The molecule has 2 N–H and O–H groups in total. The normalized spacial score (nSPS) is 27.2. The fourth-order valence-electron chi connectivity index (χ4n) is 2.11. The molecule has 0 bridgehead atoms. The Morgan fingerprint density at radius 3 is 2.71 bits per heavy atom. The number of piperidine rings is 1. The Kier molecular flexibility index (Phi) is 3.94. The summed E-state index contributed by atoms with van der Waals surface area (Å²) in [4.78, 5) is 0. The highest BCUT2D eigenvalue weighted by Gasteiger charge is 2.32. The number of thiophene rings is 1. The number of halogens is 1. The molecule has 96 valence electrons. The number of nitrogens with two attached hydrogens (primary N) is 1. The summed E-state index contributed by atoms with van der Waals surface area (Å²) in [7, 11) is -3.37. The molecule has 1 saturated heterocycles. The van der Waals surface area contributed by atoms with E-state index in [4.69, 9.17) is 5.73 Å². The molecule has 0 aliphatic carbocycles. The maximum absolute atomic E-state index is 12.4. The molecule has 1 fully saturated rings. The van der Waals surface area contributed by atoms with E-state index in [0.717, 1.165) is 10.2 Å². The van der Waals surface area contributed by atoms with Gasteiger partial charge in [-0.05, 0) is 40.4 Å². The molecule has 0 aromatic carbocycles. The second-order valence-corrected chi connectivity index (χ2v) is 9.11. The smallest absolute Gasteiger partial charge is 0.252 e. The van der Waals surface area contributed by atoms with Crippen LogP contribution < -0.4 is 5.73 Å². The predicted octanol–water partition coefficient (Wildman–Crippen LogP) is 1.87. The summed E-state index contributed by atoms with van der Waals surface area (Å²) in [6, 6.07) is 3.33. The highest BCUT2D eigenvalue weighted by Crippen LogP contribution is 2.30. The van der Waals surface area contributed by atoms with Gasteiger partial charge in [-0.3, -0.25) is 0 Å². The van der Waals surface area contributed by atoms with Gasteiger partial charge in [-0.1, -0.05) is 6.92 Å². The maximum Gasteiger partial charge on any atom is 0.252 e. The average molecular weight is 339 g/mol. The Hall–Kier alpha value is 0.0500. The van der Waals surface area contributed by atoms with Crippen LogP contribution >= 0.6 is 27.3 Å². The third-order valence-corrected chi connectivity index (χ3v) is 6.72. The molecule has 1 aromatic rings. The van der Waals surface area contributed by atoms with Crippen molar-refractivity contribution in [1.82, 2.24) is 4.31 Å². The lowest BCUT2D eigenvalue weighted by atomic mass is 9.99. The van der Waals surface area contributed by atoms with Gasteiger partial charge in [0.05, 0.1) is 3.79 Å². The number of nitrogens with zero attached hydrogens (tertiary/aromatic N) is 1. The van der Waals surface area contributed by atoms with Crippen LogP contribution in [0, 0.1) is 5.92 Å². The number of sulfonamides is 1. The van der Waals surface area contributed by atoms with Crippen molar-refractivity contribution in [2.24, 2.45) is 11.7 Å². The fraction of sp³-hybridized carbons (Fsp3) is 0.600. The SMILES string of the molecule is CC1CC(N)CN(S(=O)(=O)c2ccc(Br)s2)C1. The van der Waals surface area contributed by atoms with Crippen LogP contribution in [0.1, 0.15) is 13.3 Å². The molecule has 1 aliphatic heterocycles. The van der Waals surface area contributed by atoms with E-state index >= 15 is 0 Å². The van der Waals surface area contributed by atoms with Gasteiger partial charge in [0.15, 0.2) is 0 Å². The number of rotatable bonds is 2. The molecular weight excluding hydrogens is 324 g/mol. The molecule has 2 atom stereocenters. The van der Waals surface area contributed by atoms with Gasteiger partial charge in [-0.2, -0.15) is 4.31 Å². The lowest BCUT2D eigenvalue weighted by molar-refractivity contribution is 0.255. The lowest BCUT2D eigenvalue weighted by Crippen LogP contribution is -2.48. The molecular formula is C10H15BrN2O2S2. The first kappa shape index (κ1) is 13.5. The van der Waals surface area contributed by atoms with Gasteiger partial charge in [0, 0.05) is 19.1 Å². The maximum atomic E-state index is 12.4. The van der Waals surface area contributed by atoms with E-state index in [1.807, 2.05) is 6.92 Å². The molecule has 7 heteroatoms. The molecule has 1 aliphatic rings. The van der Waals surface area contributed by atoms with Gasteiger partial charge < -0.3 is 5.73 Å². The van der Waals surface area contributed by atoms with Crippen LogP contribution in [0.4, 0.5) is 0 Å². The summed E-state index contributed by atoms with van der Waals surface area (Å²) < 4.78 is 27.4. The Morgan fingerprint density at radius 1 is 1.47 bits per heavy atom. The van der Waals surface area contributed by atoms with Crippen LogP contribution in [0.25, 0.3) is 0 Å². The Balaban J connectivity index is 2.26. The second-order valence-electron chi connectivity index (χ2n) is 4.48. The van der Waals surface area contributed by atoms with Crippen molar-refractivity contribution in [3.8, 4) is 0 Å². The van der Waals surface area contributed by atoms with Crippen LogP contribution in [0.3, 0.4) is 0 Å². The summed E-state index contributed by atoms with van der Waals surface area (Å²) in [6.45, 7) is 3.01. The molecule has 1 aromatic heterocycles. The van der Waals surface area contributed by atoms with E-state index in [9.17, 15) is 8.42 Å². The minimum atomic E-state index is -3.37. The van der Waals surface area contributed by atoms with Gasteiger partial charge in [0.25, 0.3) is 10.0 Å². The topological polar surface area (TPSA) is 63.4 Å². The van der Waals surface area contributed by atoms with E-state index in [1.54, 1.807) is 12.1 Å². The van der Waals surface area contributed by atoms with E-state index in [2.05, 4.69) is 15.9 Å². The van der Waals surface area contributed by atoms with Crippen molar-refractivity contribution >= 4 is 37.3 Å². The first-order chi connectivity index (χ1) is 7.89. The first-order valence-corrected chi connectivity index (χ1v) is 8.45. The highest BCUT2D eigenvalue weighted by molar-refractivity contribution is 9.11. The first-order valence-electron chi connectivity index (χ1n) is 5.40. The van der Waals surface area contributed by atoms with Crippen molar-refractivity contribution < 1.29 is 8.42 Å². The fourth-order valence-corrected chi connectivity index (χ4v) is 5.89. The predicted molar refractivity (Wildman–Crippen MR) is 72.5 cm³/mol. The van der Waals surface area contributed by atoms with Gasteiger partial charge in [-0.15, -0.1) is 11.3 Å². The molecule has 0 amide bonds. The number of hydrogen-bond donors (Lipinski definition) is 1. The summed E-state index contributed by atoms with van der Waals surface area (Å²) in [6.07, 6.45) is 0.889. The van der Waals surface area contributed by atoms with E-state index < -0.39 is 10.0 Å².